The summed E-state index contributed by atoms with van der Waals surface area (Å²) in [5.74, 6) is 0.900. The Bertz CT molecular complexity index is 1400. The Hall–Kier alpha value is -3.68. The lowest BCUT2D eigenvalue weighted by Gasteiger charge is -2.27. The molecule has 194 valence electrons. The van der Waals surface area contributed by atoms with Gasteiger partial charge in [0.2, 0.25) is 16.0 Å². The first-order valence-corrected chi connectivity index (χ1v) is 13.6. The normalized spacial score (nSPS) is 11.4. The minimum Gasteiger partial charge on any atom is -0.491 e. The van der Waals surface area contributed by atoms with Gasteiger partial charge in [0.25, 0.3) is 0 Å². The van der Waals surface area contributed by atoms with Crippen LogP contribution >= 0.6 is 11.6 Å². The molecule has 1 heterocycles. The minimum atomic E-state index is -3.48. The van der Waals surface area contributed by atoms with Crippen LogP contribution in [0.4, 0.5) is 5.95 Å². The number of carbonyl (C=O) groups excluding carboxylic acids is 1. The Labute approximate surface area is 221 Å². The number of rotatable bonds is 12. The molecule has 11 heteroatoms. The Morgan fingerprint density at radius 3 is 2.51 bits per heavy atom. The number of nitriles is 1. The first-order valence-electron chi connectivity index (χ1n) is 11.4. The third-order valence-electron chi connectivity index (χ3n) is 5.55. The van der Waals surface area contributed by atoms with Crippen molar-refractivity contribution < 1.29 is 22.7 Å². The molecule has 3 aromatic rings. The van der Waals surface area contributed by atoms with Gasteiger partial charge in [-0.2, -0.15) is 5.26 Å². The smallest absolute Gasteiger partial charge is 0.236 e. The number of hydrogen-bond acceptors (Lipinski definition) is 8. The number of nitrogens with one attached hydrogen (secondary N) is 1. The molecule has 1 N–H and O–H groups in total. The second-order valence-electron chi connectivity index (χ2n) is 8.79. The van der Waals surface area contributed by atoms with E-state index in [4.69, 9.17) is 21.1 Å². The highest BCUT2D eigenvalue weighted by atomic mass is 35.5. The molecule has 0 fully saturated rings. The Morgan fingerprint density at radius 2 is 1.86 bits per heavy atom. The maximum Gasteiger partial charge on any atom is 0.236 e. The van der Waals surface area contributed by atoms with Crippen LogP contribution in [0.1, 0.15) is 49.1 Å². The molecule has 0 amide bonds. The topological polar surface area (TPSA) is 131 Å². The third kappa shape index (κ3) is 7.65. The van der Waals surface area contributed by atoms with Gasteiger partial charge in [-0.3, -0.25) is 4.72 Å². The van der Waals surface area contributed by atoms with Gasteiger partial charge in [0.05, 0.1) is 29.1 Å². The molecule has 3 rings (SSSR count). The van der Waals surface area contributed by atoms with Crippen LogP contribution in [-0.4, -0.2) is 37.5 Å². The zero-order chi connectivity index (χ0) is 27.1. The monoisotopic (exact) mass is 542 g/mol. The van der Waals surface area contributed by atoms with Gasteiger partial charge >= 0.3 is 0 Å². The van der Waals surface area contributed by atoms with Crippen LogP contribution in [0.3, 0.4) is 0 Å². The summed E-state index contributed by atoms with van der Waals surface area (Å²) in [6, 6.07) is 14.8. The van der Waals surface area contributed by atoms with Crippen molar-refractivity contribution >= 4 is 33.9 Å². The SMILES string of the molecule is CC(C)(c1ccc(OCc2ccnc(NS(C)(=O)=O)n2)cc1)c1cc(Cl)c(OCCCC=O)c(C#N)c1. The fourth-order valence-electron chi connectivity index (χ4n) is 3.51. The Balaban J connectivity index is 1.73. The standard InChI is InChI=1S/C26H27ClN4O5S/c1-26(2,20-14-18(16-28)24(23(27)15-20)35-13-5-4-12-32)19-6-8-22(9-7-19)36-17-21-10-11-29-25(30-21)31-37(3,33)34/h6-12,14-15H,4-5,13,17H2,1-3H3,(H,29,30,31). The van der Waals surface area contributed by atoms with E-state index in [1.807, 2.05) is 38.1 Å². The number of benzene rings is 2. The lowest BCUT2D eigenvalue weighted by atomic mass is 9.77. The predicted molar refractivity (Wildman–Crippen MR) is 140 cm³/mol. The summed E-state index contributed by atoms with van der Waals surface area (Å²) in [5, 5.41) is 10.0. The second-order valence-corrected chi connectivity index (χ2v) is 10.9. The molecule has 9 nitrogen and oxygen atoms in total. The highest BCUT2D eigenvalue weighted by Gasteiger charge is 2.26. The van der Waals surface area contributed by atoms with E-state index in [1.165, 1.54) is 6.20 Å². The van der Waals surface area contributed by atoms with E-state index < -0.39 is 15.4 Å². The van der Waals surface area contributed by atoms with Crippen LogP contribution in [0.15, 0.2) is 48.7 Å². The van der Waals surface area contributed by atoms with Crippen molar-refractivity contribution in [3.63, 3.8) is 0 Å². The molecule has 0 saturated carbocycles. The molecule has 2 aromatic carbocycles. The molecule has 0 saturated heterocycles. The van der Waals surface area contributed by atoms with Crippen molar-refractivity contribution in [2.45, 2.75) is 38.7 Å². The van der Waals surface area contributed by atoms with Crippen LogP contribution in [0.2, 0.25) is 5.02 Å². The van der Waals surface area contributed by atoms with Crippen molar-refractivity contribution in [1.29, 1.82) is 5.26 Å². The van der Waals surface area contributed by atoms with Gasteiger partial charge in [0, 0.05) is 18.0 Å². The Morgan fingerprint density at radius 1 is 1.14 bits per heavy atom. The number of carbonyl (C=O) groups is 1. The van der Waals surface area contributed by atoms with Crippen molar-refractivity contribution in [2.24, 2.45) is 0 Å². The molecule has 0 aliphatic heterocycles. The molecule has 37 heavy (non-hydrogen) atoms. The number of halogens is 1. The lowest BCUT2D eigenvalue weighted by Crippen LogP contribution is -2.19. The number of unbranched alkanes of at least 4 members (excludes halogenated alkanes) is 1. The summed E-state index contributed by atoms with van der Waals surface area (Å²) in [7, 11) is -3.48. The summed E-state index contributed by atoms with van der Waals surface area (Å²) >= 11 is 6.48. The molecule has 1 aromatic heterocycles. The van der Waals surface area contributed by atoms with E-state index in [9.17, 15) is 18.5 Å². The highest BCUT2D eigenvalue weighted by molar-refractivity contribution is 7.91. The molecule has 0 aliphatic carbocycles. The molecular formula is C26H27ClN4O5S. The maximum absolute atomic E-state index is 11.4. The number of nitrogens with zero attached hydrogens (tertiary/aromatic N) is 3. The number of sulfonamides is 1. The molecule has 0 aliphatic rings. The number of ether oxygens (including phenoxy) is 2. The van der Waals surface area contributed by atoms with E-state index in [0.29, 0.717) is 47.2 Å². The average Bonchev–Trinajstić information content (AvgIpc) is 2.85. The lowest BCUT2D eigenvalue weighted by molar-refractivity contribution is -0.108. The zero-order valence-electron chi connectivity index (χ0n) is 20.7. The number of aldehydes is 1. The van der Waals surface area contributed by atoms with E-state index in [2.05, 4.69) is 20.8 Å². The van der Waals surface area contributed by atoms with E-state index >= 15 is 0 Å². The molecule has 0 spiro atoms. The van der Waals surface area contributed by atoms with Crippen LogP contribution in [0.5, 0.6) is 11.5 Å². The summed E-state index contributed by atoms with van der Waals surface area (Å²) in [4.78, 5) is 18.5. The quantitative estimate of drug-likeness (QED) is 0.259. The molecular weight excluding hydrogens is 516 g/mol. The third-order valence-corrected chi connectivity index (χ3v) is 6.39. The molecule has 0 unspecified atom stereocenters. The van der Waals surface area contributed by atoms with Gasteiger partial charge in [-0.25, -0.2) is 18.4 Å². The van der Waals surface area contributed by atoms with Gasteiger partial charge in [-0.05, 0) is 47.9 Å². The summed E-state index contributed by atoms with van der Waals surface area (Å²) in [5.41, 5.74) is 2.17. The van der Waals surface area contributed by atoms with E-state index in [0.717, 1.165) is 23.7 Å². The summed E-state index contributed by atoms with van der Waals surface area (Å²) in [6.07, 6.45) is 4.22. The van der Waals surface area contributed by atoms with Gasteiger partial charge in [0.15, 0.2) is 5.75 Å². The van der Waals surface area contributed by atoms with Gasteiger partial charge < -0.3 is 14.3 Å². The first kappa shape index (κ1) is 27.9. The highest BCUT2D eigenvalue weighted by Crippen LogP contribution is 2.38. The maximum atomic E-state index is 11.4. The molecule has 0 bridgehead atoms. The summed E-state index contributed by atoms with van der Waals surface area (Å²) < 4.78 is 36.5. The van der Waals surface area contributed by atoms with Gasteiger partial charge in [-0.1, -0.05) is 37.6 Å². The van der Waals surface area contributed by atoms with Gasteiger partial charge in [-0.15, -0.1) is 0 Å². The average molecular weight is 543 g/mol. The van der Waals surface area contributed by atoms with Crippen molar-refractivity contribution in [3.8, 4) is 17.6 Å². The molecule has 0 atom stereocenters. The fraction of sp³-hybridized carbons (Fsp3) is 0.308. The van der Waals surface area contributed by atoms with Crippen LogP contribution in [0.25, 0.3) is 0 Å². The van der Waals surface area contributed by atoms with E-state index in [1.54, 1.807) is 18.2 Å². The minimum absolute atomic E-state index is 0.0199. The van der Waals surface area contributed by atoms with Crippen LogP contribution in [-0.2, 0) is 26.8 Å². The van der Waals surface area contributed by atoms with Crippen molar-refractivity contribution in [1.82, 2.24) is 9.97 Å². The van der Waals surface area contributed by atoms with Crippen LogP contribution in [0, 0.1) is 11.3 Å². The van der Waals surface area contributed by atoms with Crippen LogP contribution < -0.4 is 14.2 Å². The fourth-order valence-corrected chi connectivity index (χ4v) is 4.21. The van der Waals surface area contributed by atoms with Gasteiger partial charge in [0.1, 0.15) is 24.7 Å². The van der Waals surface area contributed by atoms with Crippen molar-refractivity contribution in [2.75, 3.05) is 17.6 Å². The largest absolute Gasteiger partial charge is 0.491 e. The van der Waals surface area contributed by atoms with Crippen molar-refractivity contribution in [3.05, 3.63) is 76.1 Å². The first-order chi connectivity index (χ1) is 17.5. The number of hydrogen-bond donors (Lipinski definition) is 1. The predicted octanol–water partition coefficient (Wildman–Crippen LogP) is 4.64. The van der Waals surface area contributed by atoms with E-state index in [-0.39, 0.29) is 12.6 Å². The number of anilines is 1. The summed E-state index contributed by atoms with van der Waals surface area (Å²) in [6.45, 7) is 4.47. The molecule has 0 radical (unpaired) electrons. The second kappa shape index (κ2) is 12.0. The zero-order valence-corrected chi connectivity index (χ0v) is 22.3. The Kier molecular flexibility index (Phi) is 9.08. The number of aromatic nitrogens is 2.